The fourth-order valence-electron chi connectivity index (χ4n) is 2.03. The molecule has 5 N–H and O–H groups in total. The molecule has 0 aliphatic rings. The molecule has 0 saturated heterocycles. The Morgan fingerprint density at radius 2 is 1.89 bits per heavy atom. The maximum atomic E-state index is 12.0. The van der Waals surface area contributed by atoms with Crippen molar-refractivity contribution in [3.63, 3.8) is 0 Å². The van der Waals surface area contributed by atoms with Gasteiger partial charge >= 0.3 is 0 Å². The number of anilines is 1. The van der Waals surface area contributed by atoms with Crippen molar-refractivity contribution in [1.29, 1.82) is 0 Å². The number of primary amides is 1. The van der Waals surface area contributed by atoms with Gasteiger partial charge in [-0.3, -0.25) is 19.7 Å². The normalized spacial score (nSPS) is 11.0. The summed E-state index contributed by atoms with van der Waals surface area (Å²) in [7, 11) is -3.91. The summed E-state index contributed by atoms with van der Waals surface area (Å²) in [4.78, 5) is 33.7. The van der Waals surface area contributed by atoms with Crippen molar-refractivity contribution in [2.45, 2.75) is 9.79 Å². The third-order valence-electron chi connectivity index (χ3n) is 3.25. The molecule has 0 bridgehead atoms. The van der Waals surface area contributed by atoms with Gasteiger partial charge in [-0.05, 0) is 30.3 Å². The first kappa shape index (κ1) is 20.4. The van der Waals surface area contributed by atoms with Gasteiger partial charge < -0.3 is 11.1 Å². The molecule has 0 aliphatic heterocycles. The van der Waals surface area contributed by atoms with E-state index in [0.29, 0.717) is 0 Å². The Morgan fingerprint density at radius 1 is 1.19 bits per heavy atom. The lowest BCUT2D eigenvalue weighted by Gasteiger charge is -2.07. The molecule has 0 spiro atoms. The molecule has 12 heteroatoms. The Morgan fingerprint density at radius 3 is 2.48 bits per heavy atom. The van der Waals surface area contributed by atoms with E-state index in [9.17, 15) is 28.1 Å². The highest BCUT2D eigenvalue weighted by Crippen LogP contribution is 2.30. The Bertz CT molecular complexity index is 1020. The van der Waals surface area contributed by atoms with Gasteiger partial charge in [-0.15, -0.1) is 11.8 Å². The summed E-state index contributed by atoms with van der Waals surface area (Å²) in [6.45, 7) is 0. The van der Waals surface area contributed by atoms with E-state index in [1.165, 1.54) is 36.4 Å². The molecule has 0 saturated carbocycles. The fraction of sp³-hybridized carbons (Fsp3) is 0.0667. The number of rotatable bonds is 7. The maximum Gasteiger partial charge on any atom is 0.283 e. The number of benzene rings is 2. The molecule has 0 aromatic heterocycles. The first-order valence-electron chi connectivity index (χ1n) is 7.21. The molecule has 0 fully saturated rings. The molecule has 0 heterocycles. The van der Waals surface area contributed by atoms with Crippen LogP contribution in [0.25, 0.3) is 0 Å². The molecule has 2 amide bonds. The second kappa shape index (κ2) is 8.16. The van der Waals surface area contributed by atoms with Gasteiger partial charge in [-0.25, -0.2) is 13.6 Å². The number of amides is 2. The van der Waals surface area contributed by atoms with Gasteiger partial charge in [-0.2, -0.15) is 0 Å². The zero-order valence-corrected chi connectivity index (χ0v) is 15.2. The van der Waals surface area contributed by atoms with Crippen molar-refractivity contribution in [3.8, 4) is 0 Å². The summed E-state index contributed by atoms with van der Waals surface area (Å²) >= 11 is 0.884. The highest BCUT2D eigenvalue weighted by atomic mass is 32.2. The number of nitrogens with zero attached hydrogens (tertiary/aromatic N) is 1. The van der Waals surface area contributed by atoms with E-state index >= 15 is 0 Å². The van der Waals surface area contributed by atoms with E-state index in [4.69, 9.17) is 10.9 Å². The van der Waals surface area contributed by atoms with Crippen LogP contribution in [0.4, 0.5) is 11.4 Å². The second-order valence-corrected chi connectivity index (χ2v) is 7.79. The summed E-state index contributed by atoms with van der Waals surface area (Å²) in [5, 5.41) is 18.6. The highest BCUT2D eigenvalue weighted by Gasteiger charge is 2.18. The number of carbonyl (C=O) groups is 2. The number of nitrogens with two attached hydrogens (primary N) is 2. The van der Waals surface area contributed by atoms with Gasteiger partial charge in [-0.1, -0.05) is 6.07 Å². The second-order valence-electron chi connectivity index (χ2n) is 5.21. The number of hydrogen-bond acceptors (Lipinski definition) is 7. The van der Waals surface area contributed by atoms with Crippen LogP contribution < -0.4 is 16.2 Å². The average Bonchev–Trinajstić information content (AvgIpc) is 2.59. The zero-order valence-electron chi connectivity index (χ0n) is 13.6. The number of carbonyl (C=O) groups excluding carboxylic acids is 2. The van der Waals surface area contributed by atoms with Crippen molar-refractivity contribution in [1.82, 2.24) is 0 Å². The first-order chi connectivity index (χ1) is 12.6. The van der Waals surface area contributed by atoms with Crippen LogP contribution in [-0.2, 0) is 14.8 Å². The Balaban J connectivity index is 2.10. The lowest BCUT2D eigenvalue weighted by Crippen LogP contribution is -2.16. The van der Waals surface area contributed by atoms with Crippen molar-refractivity contribution in [2.75, 3.05) is 11.1 Å². The Labute approximate surface area is 158 Å². The third kappa shape index (κ3) is 5.51. The molecule has 0 unspecified atom stereocenters. The van der Waals surface area contributed by atoms with Crippen LogP contribution in [0.1, 0.15) is 10.4 Å². The molecule has 10 nitrogen and oxygen atoms in total. The van der Waals surface area contributed by atoms with Gasteiger partial charge in [0.1, 0.15) is 0 Å². The number of hydrogen-bond donors (Lipinski definition) is 3. The maximum absolute atomic E-state index is 12.0. The summed E-state index contributed by atoms with van der Waals surface area (Å²) < 4.78 is 22.6. The van der Waals surface area contributed by atoms with Crippen LogP contribution in [0.15, 0.2) is 52.3 Å². The summed E-state index contributed by atoms with van der Waals surface area (Å²) in [6, 6.07) is 9.06. The molecular weight excluding hydrogens is 396 g/mol. The molecule has 2 aromatic rings. The standard InChI is InChI=1S/C15H14N4O6S2/c16-15(21)9-4-5-13(12(6-9)19(22)23)26-8-14(20)18-10-2-1-3-11(7-10)27(17,24)25/h1-7H,8H2,(H2,16,21)(H,18,20)(H2,17,24,25). The SMILES string of the molecule is NC(=O)c1ccc(SCC(=O)Nc2cccc(S(N)(=O)=O)c2)c([N+](=O)[O-])c1. The van der Waals surface area contributed by atoms with E-state index in [2.05, 4.69) is 5.32 Å². The van der Waals surface area contributed by atoms with Crippen LogP contribution in [-0.4, -0.2) is 30.9 Å². The minimum Gasteiger partial charge on any atom is -0.366 e. The predicted octanol–water partition coefficient (Wildman–Crippen LogP) is 1.07. The summed E-state index contributed by atoms with van der Waals surface area (Å²) in [6.07, 6.45) is 0. The first-order valence-corrected chi connectivity index (χ1v) is 9.75. The van der Waals surface area contributed by atoms with E-state index in [1.807, 2.05) is 0 Å². The predicted molar refractivity (Wildman–Crippen MR) is 98.8 cm³/mol. The smallest absolute Gasteiger partial charge is 0.283 e. The van der Waals surface area contributed by atoms with Crippen LogP contribution in [0.3, 0.4) is 0 Å². The van der Waals surface area contributed by atoms with Crippen LogP contribution in [0, 0.1) is 10.1 Å². The van der Waals surface area contributed by atoms with E-state index < -0.39 is 26.8 Å². The minimum atomic E-state index is -3.91. The Hall–Kier alpha value is -2.96. The van der Waals surface area contributed by atoms with Gasteiger partial charge in [0, 0.05) is 17.3 Å². The van der Waals surface area contributed by atoms with Crippen LogP contribution in [0.5, 0.6) is 0 Å². The van der Waals surface area contributed by atoms with Gasteiger partial charge in [0.2, 0.25) is 21.8 Å². The number of sulfonamides is 1. The van der Waals surface area contributed by atoms with Gasteiger partial charge in [0.15, 0.2) is 0 Å². The molecule has 142 valence electrons. The molecule has 2 rings (SSSR count). The Kier molecular flexibility index (Phi) is 6.15. The number of primary sulfonamides is 1. The van der Waals surface area contributed by atoms with Crippen LogP contribution >= 0.6 is 11.8 Å². The number of nitro groups is 1. The monoisotopic (exact) mass is 410 g/mol. The van der Waals surface area contributed by atoms with Crippen LogP contribution in [0.2, 0.25) is 0 Å². The summed E-state index contributed by atoms with van der Waals surface area (Å²) in [5.41, 5.74) is 4.95. The minimum absolute atomic E-state index is 0.0182. The number of nitrogens with one attached hydrogen (secondary N) is 1. The third-order valence-corrected chi connectivity index (χ3v) is 5.22. The van der Waals surface area contributed by atoms with E-state index in [0.717, 1.165) is 17.8 Å². The summed E-state index contributed by atoms with van der Waals surface area (Å²) in [5.74, 6) is -1.50. The van der Waals surface area contributed by atoms with Crippen molar-refractivity contribution >= 4 is 45.0 Å². The molecule has 0 atom stereocenters. The van der Waals surface area contributed by atoms with Crippen molar-refractivity contribution in [2.24, 2.45) is 10.9 Å². The van der Waals surface area contributed by atoms with Gasteiger partial charge in [0.25, 0.3) is 5.69 Å². The molecule has 0 radical (unpaired) electrons. The lowest BCUT2D eigenvalue weighted by atomic mass is 10.2. The van der Waals surface area contributed by atoms with Crippen molar-refractivity contribution in [3.05, 3.63) is 58.1 Å². The largest absolute Gasteiger partial charge is 0.366 e. The molecule has 27 heavy (non-hydrogen) atoms. The lowest BCUT2D eigenvalue weighted by molar-refractivity contribution is -0.387. The van der Waals surface area contributed by atoms with Gasteiger partial charge in [0.05, 0.1) is 20.5 Å². The molecular formula is C15H14N4O6S2. The number of nitro benzene ring substituents is 1. The van der Waals surface area contributed by atoms with E-state index in [1.54, 1.807) is 0 Å². The number of thioether (sulfide) groups is 1. The quantitative estimate of drug-likeness (QED) is 0.347. The topological polar surface area (TPSA) is 175 Å². The van der Waals surface area contributed by atoms with E-state index in [-0.39, 0.29) is 32.5 Å². The van der Waals surface area contributed by atoms with Crippen molar-refractivity contribution < 1.29 is 22.9 Å². The molecule has 2 aromatic carbocycles. The highest BCUT2D eigenvalue weighted by molar-refractivity contribution is 8.00. The fourth-order valence-corrected chi connectivity index (χ4v) is 3.39. The zero-order chi connectivity index (χ0) is 20.2. The average molecular weight is 410 g/mol. The molecule has 0 aliphatic carbocycles.